The van der Waals surface area contributed by atoms with E-state index in [-0.39, 0.29) is 18.1 Å². The topological polar surface area (TPSA) is 68.1 Å². The van der Waals surface area contributed by atoms with Crippen LogP contribution in [0.25, 0.3) is 11.3 Å². The average Bonchev–Trinajstić information content (AvgIpc) is 3.11. The molecule has 0 saturated carbocycles. The number of pyridine rings is 1. The fourth-order valence-corrected chi connectivity index (χ4v) is 2.84. The van der Waals surface area contributed by atoms with Crippen molar-refractivity contribution in [3.63, 3.8) is 0 Å². The molecular formula is C21H21FN4O2. The number of carbonyl (C=O) groups excluding carboxylic acids is 2. The van der Waals surface area contributed by atoms with E-state index in [1.807, 2.05) is 0 Å². The number of Topliss-reactive ketones (excluding diaryl/α,β-unsaturated/α-hetero) is 1. The van der Waals surface area contributed by atoms with Crippen LogP contribution in [0.15, 0.2) is 48.8 Å². The fourth-order valence-electron chi connectivity index (χ4n) is 2.84. The van der Waals surface area contributed by atoms with E-state index in [0.29, 0.717) is 34.6 Å². The second-order valence-electron chi connectivity index (χ2n) is 6.48. The van der Waals surface area contributed by atoms with Crippen LogP contribution in [0.3, 0.4) is 0 Å². The molecule has 0 radical (unpaired) electrons. The number of halogens is 1. The Labute approximate surface area is 162 Å². The Morgan fingerprint density at radius 1 is 1.18 bits per heavy atom. The summed E-state index contributed by atoms with van der Waals surface area (Å²) < 4.78 is 16.2. The summed E-state index contributed by atoms with van der Waals surface area (Å²) in [7, 11) is 3.40. The minimum Gasteiger partial charge on any atom is -0.315 e. The molecule has 1 aromatic carbocycles. The van der Waals surface area contributed by atoms with E-state index in [0.717, 1.165) is 0 Å². The number of hydrogen-bond donors (Lipinski definition) is 0. The summed E-state index contributed by atoms with van der Waals surface area (Å²) in [5.74, 6) is -0.678. The first kappa shape index (κ1) is 19.4. The van der Waals surface area contributed by atoms with Gasteiger partial charge in [-0.15, -0.1) is 0 Å². The van der Waals surface area contributed by atoms with Crippen LogP contribution < -0.4 is 4.90 Å². The van der Waals surface area contributed by atoms with Crippen LogP contribution in [0.4, 0.5) is 10.1 Å². The highest BCUT2D eigenvalue weighted by molar-refractivity contribution is 5.97. The van der Waals surface area contributed by atoms with Crippen molar-refractivity contribution in [2.45, 2.75) is 19.8 Å². The molecule has 0 bridgehead atoms. The van der Waals surface area contributed by atoms with Gasteiger partial charge >= 0.3 is 0 Å². The zero-order valence-electron chi connectivity index (χ0n) is 16.0. The summed E-state index contributed by atoms with van der Waals surface area (Å²) in [6.07, 6.45) is 3.75. The van der Waals surface area contributed by atoms with Crippen LogP contribution in [-0.2, 0) is 18.3 Å². The molecule has 3 aromatic rings. The normalized spacial score (nSPS) is 10.7. The number of anilines is 1. The number of nitrogens with zero attached hydrogens (tertiary/aromatic N) is 4. The van der Waals surface area contributed by atoms with Crippen molar-refractivity contribution in [1.29, 1.82) is 0 Å². The minimum absolute atomic E-state index is 0.0963. The Balaban J connectivity index is 1.77. The molecule has 1 amide bonds. The molecule has 0 N–H and O–H groups in total. The summed E-state index contributed by atoms with van der Waals surface area (Å²) in [5, 5.41) is 4.19. The molecule has 0 fully saturated rings. The van der Waals surface area contributed by atoms with Crippen LogP contribution in [0.1, 0.15) is 29.4 Å². The van der Waals surface area contributed by atoms with E-state index in [1.165, 1.54) is 17.2 Å². The van der Waals surface area contributed by atoms with Gasteiger partial charge in [0, 0.05) is 49.7 Å². The lowest BCUT2D eigenvalue weighted by molar-refractivity contribution is -0.118. The molecule has 0 aliphatic rings. The van der Waals surface area contributed by atoms with E-state index in [1.54, 1.807) is 62.2 Å². The molecule has 0 saturated heterocycles. The van der Waals surface area contributed by atoms with Crippen molar-refractivity contribution in [3.05, 3.63) is 65.9 Å². The van der Waals surface area contributed by atoms with E-state index < -0.39 is 5.82 Å². The van der Waals surface area contributed by atoms with Gasteiger partial charge in [-0.05, 0) is 36.4 Å². The molecule has 7 heteroatoms. The van der Waals surface area contributed by atoms with Gasteiger partial charge in [-0.25, -0.2) is 4.39 Å². The second kappa shape index (κ2) is 8.12. The largest absolute Gasteiger partial charge is 0.315 e. The van der Waals surface area contributed by atoms with Crippen LogP contribution in [-0.4, -0.2) is 33.5 Å². The number of benzene rings is 1. The molecule has 0 aliphatic carbocycles. The summed E-state index contributed by atoms with van der Waals surface area (Å²) >= 11 is 0. The van der Waals surface area contributed by atoms with Crippen molar-refractivity contribution >= 4 is 17.4 Å². The zero-order chi connectivity index (χ0) is 20.3. The fraction of sp³-hybridized carbons (Fsp3) is 0.238. The highest BCUT2D eigenvalue weighted by Gasteiger charge is 2.14. The van der Waals surface area contributed by atoms with Gasteiger partial charge in [0.05, 0.1) is 17.8 Å². The molecule has 2 heterocycles. The van der Waals surface area contributed by atoms with E-state index in [2.05, 4.69) is 10.1 Å². The first-order valence-corrected chi connectivity index (χ1v) is 8.93. The SMILES string of the molecule is CCC(=O)N(C)c1ccc(-c2ccc(C(=O)Cc3ccn(C)n3)cn2)c(F)c1. The molecule has 0 unspecified atom stereocenters. The van der Waals surface area contributed by atoms with Gasteiger partial charge in [-0.3, -0.25) is 19.3 Å². The smallest absolute Gasteiger partial charge is 0.226 e. The lowest BCUT2D eigenvalue weighted by atomic mass is 10.1. The quantitative estimate of drug-likeness (QED) is 0.615. The number of aromatic nitrogens is 3. The lowest BCUT2D eigenvalue weighted by Gasteiger charge is -2.17. The summed E-state index contributed by atoms with van der Waals surface area (Å²) in [4.78, 5) is 29.8. The maximum atomic E-state index is 14.6. The number of aryl methyl sites for hydroxylation is 1. The number of ketones is 1. The molecule has 0 spiro atoms. The number of hydrogen-bond acceptors (Lipinski definition) is 4. The maximum absolute atomic E-state index is 14.6. The summed E-state index contributed by atoms with van der Waals surface area (Å²) in [5.41, 5.74) is 2.34. The third-order valence-corrected chi connectivity index (χ3v) is 4.49. The van der Waals surface area contributed by atoms with Crippen LogP contribution in [0.5, 0.6) is 0 Å². The van der Waals surface area contributed by atoms with Crippen molar-refractivity contribution in [3.8, 4) is 11.3 Å². The lowest BCUT2D eigenvalue weighted by Crippen LogP contribution is -2.25. The first-order valence-electron chi connectivity index (χ1n) is 8.93. The predicted molar refractivity (Wildman–Crippen MR) is 105 cm³/mol. The third kappa shape index (κ3) is 4.14. The van der Waals surface area contributed by atoms with E-state index in [9.17, 15) is 14.0 Å². The number of carbonyl (C=O) groups is 2. The number of rotatable bonds is 6. The molecule has 0 aliphatic heterocycles. The van der Waals surface area contributed by atoms with Crippen molar-refractivity contribution in [2.24, 2.45) is 7.05 Å². The summed E-state index contributed by atoms with van der Waals surface area (Å²) in [6, 6.07) is 9.61. The molecule has 2 aromatic heterocycles. The Kier molecular flexibility index (Phi) is 5.63. The molecule has 6 nitrogen and oxygen atoms in total. The van der Waals surface area contributed by atoms with Gasteiger partial charge < -0.3 is 4.90 Å². The number of amides is 1. The van der Waals surface area contributed by atoms with Crippen molar-refractivity contribution in [1.82, 2.24) is 14.8 Å². The van der Waals surface area contributed by atoms with Gasteiger partial charge in [-0.2, -0.15) is 5.10 Å². The van der Waals surface area contributed by atoms with Crippen LogP contribution in [0.2, 0.25) is 0 Å². The first-order chi connectivity index (χ1) is 13.4. The maximum Gasteiger partial charge on any atom is 0.226 e. The second-order valence-corrected chi connectivity index (χ2v) is 6.48. The van der Waals surface area contributed by atoms with Crippen LogP contribution in [0, 0.1) is 5.82 Å². The molecule has 0 atom stereocenters. The van der Waals surface area contributed by atoms with Crippen LogP contribution >= 0.6 is 0 Å². The van der Waals surface area contributed by atoms with Gasteiger partial charge in [0.15, 0.2) is 5.78 Å². The predicted octanol–water partition coefficient (Wildman–Crippen LogP) is 3.42. The monoisotopic (exact) mass is 380 g/mol. The molecule has 3 rings (SSSR count). The standard InChI is InChI=1S/C21H21FN4O2/c1-4-21(28)26(3)16-6-7-17(18(22)12-16)19-8-5-14(13-23-19)20(27)11-15-9-10-25(2)24-15/h5-10,12-13H,4,11H2,1-3H3. The van der Waals surface area contributed by atoms with Gasteiger partial charge in [0.1, 0.15) is 5.82 Å². The zero-order valence-corrected chi connectivity index (χ0v) is 16.0. The average molecular weight is 380 g/mol. The third-order valence-electron chi connectivity index (χ3n) is 4.49. The molecule has 28 heavy (non-hydrogen) atoms. The Morgan fingerprint density at radius 3 is 2.54 bits per heavy atom. The van der Waals surface area contributed by atoms with E-state index in [4.69, 9.17) is 0 Å². The van der Waals surface area contributed by atoms with Gasteiger partial charge in [0.25, 0.3) is 0 Å². The van der Waals surface area contributed by atoms with Gasteiger partial charge in [0.2, 0.25) is 5.91 Å². The summed E-state index contributed by atoms with van der Waals surface area (Å²) in [6.45, 7) is 1.75. The van der Waals surface area contributed by atoms with Crippen molar-refractivity contribution in [2.75, 3.05) is 11.9 Å². The molecular weight excluding hydrogens is 359 g/mol. The van der Waals surface area contributed by atoms with E-state index >= 15 is 0 Å². The Hall–Kier alpha value is -3.35. The van der Waals surface area contributed by atoms with Crippen molar-refractivity contribution < 1.29 is 14.0 Å². The highest BCUT2D eigenvalue weighted by atomic mass is 19.1. The van der Waals surface area contributed by atoms with Gasteiger partial charge in [-0.1, -0.05) is 6.92 Å². The Bertz CT molecular complexity index is 1010. The molecule has 144 valence electrons. The highest BCUT2D eigenvalue weighted by Crippen LogP contribution is 2.25. The Morgan fingerprint density at radius 2 is 1.96 bits per heavy atom. The minimum atomic E-state index is -0.478.